The first-order valence-corrected chi connectivity index (χ1v) is 11.5. The highest BCUT2D eigenvalue weighted by Gasteiger charge is 2.48. The van der Waals surface area contributed by atoms with E-state index in [1.54, 1.807) is 0 Å². The van der Waals surface area contributed by atoms with E-state index in [0.717, 1.165) is 25.7 Å². The molecule has 0 aromatic rings. The van der Waals surface area contributed by atoms with Crippen LogP contribution in [-0.4, -0.2) is 80.1 Å². The van der Waals surface area contributed by atoms with E-state index < -0.39 is 58.1 Å². The van der Waals surface area contributed by atoms with E-state index in [2.05, 4.69) is 8.37 Å². The Kier molecular flexibility index (Phi) is 10.2. The Bertz CT molecular complexity index is 658. The molecule has 0 unspecified atom stereocenters. The van der Waals surface area contributed by atoms with Gasteiger partial charge in [-0.15, -0.1) is 0 Å². The van der Waals surface area contributed by atoms with Gasteiger partial charge in [0.1, 0.15) is 24.4 Å². The summed E-state index contributed by atoms with van der Waals surface area (Å²) in [5, 5.41) is 20.4. The van der Waals surface area contributed by atoms with Gasteiger partial charge in [0.25, 0.3) is 0 Å². The first-order chi connectivity index (χ1) is 12.9. The van der Waals surface area contributed by atoms with Gasteiger partial charge in [-0.2, -0.15) is 16.8 Å². The van der Waals surface area contributed by atoms with Crippen LogP contribution < -0.4 is 0 Å². The molecule has 0 saturated carbocycles. The summed E-state index contributed by atoms with van der Waals surface area (Å²) in [7, 11) is -9.94. The van der Waals surface area contributed by atoms with E-state index in [0.29, 0.717) is 0 Å². The molecule has 14 heteroatoms. The summed E-state index contributed by atoms with van der Waals surface area (Å²) in [5.74, 6) is 0.131. The van der Waals surface area contributed by atoms with Crippen molar-refractivity contribution in [3.05, 3.63) is 0 Å². The number of rotatable bonds is 12. The number of hydrogen-bond acceptors (Lipinski definition) is 10. The Balaban J connectivity index is 2.93. The van der Waals surface area contributed by atoms with Crippen molar-refractivity contribution in [1.82, 2.24) is 0 Å². The van der Waals surface area contributed by atoms with Crippen LogP contribution in [-0.2, 0) is 38.6 Å². The van der Waals surface area contributed by atoms with Gasteiger partial charge in [-0.25, -0.2) is 8.37 Å². The minimum atomic E-state index is -5.07. The molecule has 0 bridgehead atoms. The zero-order valence-corrected chi connectivity index (χ0v) is 17.2. The van der Waals surface area contributed by atoms with Crippen molar-refractivity contribution in [2.24, 2.45) is 5.92 Å². The molecule has 0 spiro atoms. The minimum Gasteiger partial charge on any atom is -0.387 e. The summed E-state index contributed by atoms with van der Waals surface area (Å²) in [6, 6.07) is 0. The quantitative estimate of drug-likeness (QED) is 0.283. The molecular weight excluding hydrogens is 424 g/mol. The number of ether oxygens (including phenoxy) is 2. The monoisotopic (exact) mass is 452 g/mol. The van der Waals surface area contributed by atoms with Gasteiger partial charge in [-0.1, -0.05) is 26.7 Å². The maximum absolute atomic E-state index is 11.0. The fourth-order valence-corrected chi connectivity index (χ4v) is 3.76. The molecule has 4 N–H and O–H groups in total. The lowest BCUT2D eigenvalue weighted by atomic mass is 9.98. The normalized spacial score (nSPS) is 29.3. The number of hydrogen-bond donors (Lipinski definition) is 4. The van der Waals surface area contributed by atoms with Crippen molar-refractivity contribution in [1.29, 1.82) is 0 Å². The predicted molar refractivity (Wildman–Crippen MR) is 93.9 cm³/mol. The molecule has 1 rings (SSSR count). The molecule has 1 aliphatic rings. The van der Waals surface area contributed by atoms with Gasteiger partial charge in [0.15, 0.2) is 6.29 Å². The lowest BCUT2D eigenvalue weighted by Gasteiger charge is -2.41. The average molecular weight is 453 g/mol. The first-order valence-electron chi connectivity index (χ1n) is 8.78. The Labute approximate surface area is 164 Å². The Morgan fingerprint density at radius 2 is 1.54 bits per heavy atom. The maximum Gasteiger partial charge on any atom is 0.397 e. The van der Waals surface area contributed by atoms with Crippen LogP contribution in [0.3, 0.4) is 0 Å². The van der Waals surface area contributed by atoms with Gasteiger partial charge >= 0.3 is 20.8 Å². The summed E-state index contributed by atoms with van der Waals surface area (Å²) in [5.41, 5.74) is 0. The lowest BCUT2D eigenvalue weighted by molar-refractivity contribution is -0.298. The Morgan fingerprint density at radius 1 is 0.964 bits per heavy atom. The second-order valence-electron chi connectivity index (χ2n) is 6.50. The van der Waals surface area contributed by atoms with Crippen molar-refractivity contribution >= 4 is 20.8 Å². The Hall–Kier alpha value is -0.420. The van der Waals surface area contributed by atoms with Crippen molar-refractivity contribution < 1.29 is 54.0 Å². The highest BCUT2D eigenvalue weighted by molar-refractivity contribution is 7.81. The van der Waals surface area contributed by atoms with Gasteiger partial charge < -0.3 is 19.7 Å². The van der Waals surface area contributed by atoms with Crippen molar-refractivity contribution in [2.45, 2.75) is 70.2 Å². The summed E-state index contributed by atoms with van der Waals surface area (Å²) < 4.78 is 80.3. The second-order valence-corrected chi connectivity index (χ2v) is 8.64. The molecule has 1 saturated heterocycles. The highest BCUT2D eigenvalue weighted by atomic mass is 32.3. The van der Waals surface area contributed by atoms with Gasteiger partial charge in [-0.05, 0) is 18.8 Å². The minimum absolute atomic E-state index is 0.131. The Morgan fingerprint density at radius 3 is 2.00 bits per heavy atom. The standard InChI is InChI=1S/C14H28O12S2/c1-3-5-9(6-4-2)7-23-14-12(16)13(26-28(20,21)22)11(15)10(25-14)8-24-27(17,18)19/h9-16H,3-8H2,1-2H3,(H,17,18,19)(H,20,21,22)/t10-,11+,12-,13+,14-/m1/s1. The van der Waals surface area contributed by atoms with Crippen molar-refractivity contribution in [3.63, 3.8) is 0 Å². The van der Waals surface area contributed by atoms with Crippen LogP contribution in [0.5, 0.6) is 0 Å². The summed E-state index contributed by atoms with van der Waals surface area (Å²) in [6.07, 6.45) is -5.25. The van der Waals surface area contributed by atoms with Gasteiger partial charge in [-0.3, -0.25) is 9.11 Å². The van der Waals surface area contributed by atoms with E-state index >= 15 is 0 Å². The third kappa shape index (κ3) is 8.94. The van der Waals surface area contributed by atoms with E-state index in [1.165, 1.54) is 0 Å². The third-order valence-electron chi connectivity index (χ3n) is 4.15. The maximum atomic E-state index is 11.0. The first kappa shape index (κ1) is 25.6. The SMILES string of the molecule is CCCC(CCC)CO[C@@H]1O[C@H](COS(=O)(=O)O)[C@H](O)[C@H](OS(=O)(=O)O)[C@H]1O. The second kappa shape index (κ2) is 11.1. The molecule has 1 heterocycles. The van der Waals surface area contributed by atoms with Gasteiger partial charge in [0, 0.05) is 0 Å². The highest BCUT2D eigenvalue weighted by Crippen LogP contribution is 2.27. The molecule has 0 aromatic heterocycles. The molecule has 0 aromatic carbocycles. The average Bonchev–Trinajstić information content (AvgIpc) is 2.55. The van der Waals surface area contributed by atoms with Crippen molar-refractivity contribution in [2.75, 3.05) is 13.2 Å². The molecule has 1 fully saturated rings. The van der Waals surface area contributed by atoms with Crippen LogP contribution >= 0.6 is 0 Å². The van der Waals surface area contributed by atoms with Crippen LogP contribution in [0, 0.1) is 5.92 Å². The number of aliphatic hydroxyl groups excluding tert-OH is 2. The van der Waals surface area contributed by atoms with Crippen LogP contribution in [0.15, 0.2) is 0 Å². The zero-order chi connectivity index (χ0) is 21.5. The largest absolute Gasteiger partial charge is 0.397 e. The topological polar surface area (TPSA) is 186 Å². The predicted octanol–water partition coefficient (Wildman–Crippen LogP) is -0.326. The van der Waals surface area contributed by atoms with E-state index in [4.69, 9.17) is 18.6 Å². The lowest BCUT2D eigenvalue weighted by Crippen LogP contribution is -2.60. The fourth-order valence-electron chi connectivity index (χ4n) is 2.94. The summed E-state index contributed by atoms with van der Waals surface area (Å²) in [4.78, 5) is 0. The van der Waals surface area contributed by atoms with E-state index in [1.807, 2.05) is 13.8 Å². The summed E-state index contributed by atoms with van der Waals surface area (Å²) >= 11 is 0. The van der Waals surface area contributed by atoms with Crippen molar-refractivity contribution in [3.8, 4) is 0 Å². The molecule has 0 aliphatic carbocycles. The van der Waals surface area contributed by atoms with Gasteiger partial charge in [0.05, 0.1) is 13.2 Å². The molecule has 0 amide bonds. The van der Waals surface area contributed by atoms with E-state index in [-0.39, 0.29) is 12.5 Å². The number of aliphatic hydroxyl groups is 2. The van der Waals surface area contributed by atoms with Gasteiger partial charge in [0.2, 0.25) is 0 Å². The molecule has 0 radical (unpaired) electrons. The van der Waals surface area contributed by atoms with Crippen LogP contribution in [0.4, 0.5) is 0 Å². The smallest absolute Gasteiger partial charge is 0.387 e. The third-order valence-corrected chi connectivity index (χ3v) is 5.05. The zero-order valence-electron chi connectivity index (χ0n) is 15.6. The molecule has 1 aliphatic heterocycles. The molecule has 12 nitrogen and oxygen atoms in total. The summed E-state index contributed by atoms with van der Waals surface area (Å²) in [6.45, 7) is 3.21. The van der Waals surface area contributed by atoms with Crippen LogP contribution in [0.25, 0.3) is 0 Å². The molecule has 28 heavy (non-hydrogen) atoms. The molecule has 168 valence electrons. The van der Waals surface area contributed by atoms with Crippen LogP contribution in [0.1, 0.15) is 39.5 Å². The molecular formula is C14H28O12S2. The molecule has 5 atom stereocenters. The fraction of sp³-hybridized carbons (Fsp3) is 1.00. The van der Waals surface area contributed by atoms with Crippen LogP contribution in [0.2, 0.25) is 0 Å². The van der Waals surface area contributed by atoms with E-state index in [9.17, 15) is 27.0 Å².